The molecule has 1 aliphatic rings. The van der Waals surface area contributed by atoms with Gasteiger partial charge in [-0.3, -0.25) is 0 Å². The first-order valence-corrected chi connectivity index (χ1v) is 5.00. The molecule has 0 amide bonds. The van der Waals surface area contributed by atoms with Gasteiger partial charge in [-0.1, -0.05) is 0 Å². The molecule has 1 aromatic heterocycles. The zero-order valence-corrected chi connectivity index (χ0v) is 8.68. The molecule has 84 valence electrons. The van der Waals surface area contributed by atoms with Crippen LogP contribution in [0, 0.1) is 0 Å². The van der Waals surface area contributed by atoms with Crippen LogP contribution in [0.2, 0.25) is 0 Å². The van der Waals surface area contributed by atoms with Crippen LogP contribution in [0.15, 0.2) is 30.7 Å². The van der Waals surface area contributed by atoms with E-state index >= 15 is 0 Å². The first-order valence-electron chi connectivity index (χ1n) is 5.00. The summed E-state index contributed by atoms with van der Waals surface area (Å²) < 4.78 is 5.07. The minimum atomic E-state index is -0.430. The van der Waals surface area contributed by atoms with E-state index in [1.165, 1.54) is 18.5 Å². The molecule has 0 unspecified atom stereocenters. The molecule has 0 saturated carbocycles. The second kappa shape index (κ2) is 3.48. The van der Waals surface area contributed by atoms with Crippen molar-refractivity contribution in [1.29, 1.82) is 0 Å². The summed E-state index contributed by atoms with van der Waals surface area (Å²) >= 11 is 0. The van der Waals surface area contributed by atoms with E-state index in [1.54, 1.807) is 18.3 Å². The number of phenols is 1. The third-order valence-corrected chi connectivity index (χ3v) is 2.50. The number of phenolic OH excluding ortho intramolecular Hbond substituents is 1. The number of hydrogen-bond donors (Lipinski definition) is 2. The number of H-pyrrole nitrogens is 1. The maximum absolute atomic E-state index is 11.7. The summed E-state index contributed by atoms with van der Waals surface area (Å²) in [6.07, 6.45) is 4.76. The molecule has 0 aliphatic carbocycles. The maximum atomic E-state index is 11.7. The number of esters is 1. The van der Waals surface area contributed by atoms with Gasteiger partial charge >= 0.3 is 5.97 Å². The molecule has 0 atom stereocenters. The molecule has 0 bridgehead atoms. The third-order valence-electron chi connectivity index (χ3n) is 2.50. The SMILES string of the molecule is O=C1Oc2ccc(O)cc2/C1=C\c1cnc[nH]1. The van der Waals surface area contributed by atoms with Crippen molar-refractivity contribution in [2.24, 2.45) is 0 Å². The van der Waals surface area contributed by atoms with Crippen molar-refractivity contribution in [1.82, 2.24) is 9.97 Å². The summed E-state index contributed by atoms with van der Waals surface area (Å²) in [6.45, 7) is 0. The number of nitrogens with one attached hydrogen (secondary N) is 1. The van der Waals surface area contributed by atoms with Gasteiger partial charge in [-0.05, 0) is 24.3 Å². The molecule has 0 radical (unpaired) electrons. The van der Waals surface area contributed by atoms with Crippen molar-refractivity contribution < 1.29 is 14.6 Å². The predicted octanol–water partition coefficient (Wildman–Crippen LogP) is 1.57. The van der Waals surface area contributed by atoms with Crippen molar-refractivity contribution in [3.05, 3.63) is 42.0 Å². The molecule has 17 heavy (non-hydrogen) atoms. The first-order chi connectivity index (χ1) is 8.24. The summed E-state index contributed by atoms with van der Waals surface area (Å²) in [5.41, 5.74) is 1.69. The van der Waals surface area contributed by atoms with Crippen molar-refractivity contribution in [2.75, 3.05) is 0 Å². The number of hydrogen-bond acceptors (Lipinski definition) is 4. The number of ether oxygens (including phenoxy) is 1. The second-order valence-corrected chi connectivity index (χ2v) is 3.63. The van der Waals surface area contributed by atoms with E-state index in [1.807, 2.05) is 0 Å². The van der Waals surface area contributed by atoms with Gasteiger partial charge in [-0.25, -0.2) is 9.78 Å². The smallest absolute Gasteiger partial charge is 0.344 e. The molecule has 1 aromatic carbocycles. The van der Waals surface area contributed by atoms with E-state index < -0.39 is 5.97 Å². The first kappa shape index (κ1) is 9.65. The minimum absolute atomic E-state index is 0.0950. The number of aromatic amines is 1. The monoisotopic (exact) mass is 228 g/mol. The molecular weight excluding hydrogens is 220 g/mol. The normalized spacial score (nSPS) is 16.0. The molecule has 1 aliphatic heterocycles. The van der Waals surface area contributed by atoms with Gasteiger partial charge in [-0.15, -0.1) is 0 Å². The lowest BCUT2D eigenvalue weighted by Gasteiger charge is -1.96. The number of carbonyl (C=O) groups excluding carboxylic acids is 1. The number of rotatable bonds is 1. The van der Waals surface area contributed by atoms with Crippen LogP contribution in [0.3, 0.4) is 0 Å². The lowest BCUT2D eigenvalue weighted by Crippen LogP contribution is -2.00. The molecule has 2 aromatic rings. The number of aromatic hydroxyl groups is 1. The topological polar surface area (TPSA) is 75.2 Å². The lowest BCUT2D eigenvalue weighted by molar-refractivity contribution is -0.126. The van der Waals surface area contributed by atoms with Crippen LogP contribution in [0.4, 0.5) is 0 Å². The molecule has 2 heterocycles. The van der Waals surface area contributed by atoms with Crippen LogP contribution >= 0.6 is 0 Å². The standard InChI is InChI=1S/C12H8N2O3/c15-8-1-2-11-9(4-8)10(12(16)17-11)3-7-5-13-6-14-7/h1-6,15H,(H,13,14)/b10-3+. The van der Waals surface area contributed by atoms with Crippen LogP contribution in [0.1, 0.15) is 11.3 Å². The number of imidazole rings is 1. The molecule has 0 spiro atoms. The second-order valence-electron chi connectivity index (χ2n) is 3.63. The van der Waals surface area contributed by atoms with Crippen LogP contribution < -0.4 is 4.74 Å². The summed E-state index contributed by atoms with van der Waals surface area (Å²) in [5.74, 6) is 0.122. The molecule has 2 N–H and O–H groups in total. The number of carbonyl (C=O) groups is 1. The van der Waals surface area contributed by atoms with Crippen LogP contribution in [-0.2, 0) is 4.79 Å². The Kier molecular flexibility index (Phi) is 1.98. The van der Waals surface area contributed by atoms with Gasteiger partial charge in [0, 0.05) is 5.56 Å². The fourth-order valence-electron chi connectivity index (χ4n) is 1.72. The van der Waals surface area contributed by atoms with Gasteiger partial charge in [0.25, 0.3) is 0 Å². The van der Waals surface area contributed by atoms with Gasteiger partial charge in [0.2, 0.25) is 0 Å². The van der Waals surface area contributed by atoms with E-state index in [2.05, 4.69) is 9.97 Å². The van der Waals surface area contributed by atoms with E-state index in [-0.39, 0.29) is 5.75 Å². The summed E-state index contributed by atoms with van der Waals surface area (Å²) in [5, 5.41) is 9.41. The van der Waals surface area contributed by atoms with Gasteiger partial charge in [0.15, 0.2) is 0 Å². The zero-order chi connectivity index (χ0) is 11.8. The highest BCUT2D eigenvalue weighted by Gasteiger charge is 2.27. The van der Waals surface area contributed by atoms with E-state index in [9.17, 15) is 9.90 Å². The highest BCUT2D eigenvalue weighted by atomic mass is 16.5. The van der Waals surface area contributed by atoms with Crippen LogP contribution in [0.25, 0.3) is 11.6 Å². The summed E-state index contributed by atoms with van der Waals surface area (Å²) in [4.78, 5) is 18.4. The average molecular weight is 228 g/mol. The lowest BCUT2D eigenvalue weighted by atomic mass is 10.1. The molecule has 0 saturated heterocycles. The Morgan fingerprint density at radius 3 is 3.06 bits per heavy atom. The fraction of sp³-hybridized carbons (Fsp3) is 0. The number of aromatic nitrogens is 2. The van der Waals surface area contributed by atoms with Crippen LogP contribution in [-0.4, -0.2) is 21.0 Å². The number of benzene rings is 1. The third kappa shape index (κ3) is 1.57. The van der Waals surface area contributed by atoms with Gasteiger partial charge in [0.05, 0.1) is 23.8 Å². The van der Waals surface area contributed by atoms with Crippen molar-refractivity contribution >= 4 is 17.6 Å². The highest BCUT2D eigenvalue weighted by molar-refractivity contribution is 6.25. The largest absolute Gasteiger partial charge is 0.508 e. The number of fused-ring (bicyclic) bond motifs is 1. The van der Waals surface area contributed by atoms with Gasteiger partial charge in [0.1, 0.15) is 11.5 Å². The molecule has 5 nitrogen and oxygen atoms in total. The van der Waals surface area contributed by atoms with Crippen molar-refractivity contribution in [3.63, 3.8) is 0 Å². The van der Waals surface area contributed by atoms with E-state index in [4.69, 9.17) is 4.74 Å². The number of nitrogens with zero attached hydrogens (tertiary/aromatic N) is 1. The quantitative estimate of drug-likeness (QED) is 0.441. The van der Waals surface area contributed by atoms with Crippen LogP contribution in [0.5, 0.6) is 11.5 Å². The van der Waals surface area contributed by atoms with Gasteiger partial charge < -0.3 is 14.8 Å². The molecular formula is C12H8N2O3. The zero-order valence-electron chi connectivity index (χ0n) is 8.68. The minimum Gasteiger partial charge on any atom is -0.508 e. The Morgan fingerprint density at radius 1 is 1.41 bits per heavy atom. The van der Waals surface area contributed by atoms with Gasteiger partial charge in [-0.2, -0.15) is 0 Å². The van der Waals surface area contributed by atoms with Crippen molar-refractivity contribution in [2.45, 2.75) is 0 Å². The Balaban J connectivity index is 2.13. The molecule has 3 rings (SSSR count). The molecule has 0 fully saturated rings. The fourth-order valence-corrected chi connectivity index (χ4v) is 1.72. The Bertz CT molecular complexity index is 615. The summed E-state index contributed by atoms with van der Waals surface area (Å²) in [7, 11) is 0. The maximum Gasteiger partial charge on any atom is 0.344 e. The highest BCUT2D eigenvalue weighted by Crippen LogP contribution is 2.37. The molecule has 5 heteroatoms. The Hall–Kier alpha value is -2.56. The van der Waals surface area contributed by atoms with Crippen molar-refractivity contribution in [3.8, 4) is 11.5 Å². The average Bonchev–Trinajstić information content (AvgIpc) is 2.90. The summed E-state index contributed by atoms with van der Waals surface area (Å²) in [6, 6.07) is 4.55. The van der Waals surface area contributed by atoms with E-state index in [0.29, 0.717) is 22.6 Å². The Labute approximate surface area is 96.4 Å². The van der Waals surface area contributed by atoms with E-state index in [0.717, 1.165) is 0 Å². The Morgan fingerprint density at radius 2 is 2.29 bits per heavy atom. The predicted molar refractivity (Wildman–Crippen MR) is 60.2 cm³/mol.